The lowest BCUT2D eigenvalue weighted by molar-refractivity contribution is 0.0347. The smallest absolute Gasteiger partial charge is 0.274 e. The van der Waals surface area contributed by atoms with Crippen molar-refractivity contribution in [2.24, 2.45) is 0 Å². The second-order valence-corrected chi connectivity index (χ2v) is 6.70. The number of likely N-dealkylation sites (tertiary alicyclic amines) is 1. The molecule has 0 saturated carbocycles. The summed E-state index contributed by atoms with van der Waals surface area (Å²) in [7, 11) is 3.24. The number of pyridine rings is 1. The van der Waals surface area contributed by atoms with Gasteiger partial charge in [-0.15, -0.1) is 10.2 Å². The van der Waals surface area contributed by atoms with Crippen molar-refractivity contribution in [3.05, 3.63) is 48.3 Å². The SMILES string of the molecule is COc1ccc(-n2nc(C(=O)N3CCC(OC)CC3)cc2-c2ccccn2)nn1. The molecule has 0 N–H and O–H groups in total. The third-order valence-corrected chi connectivity index (χ3v) is 4.97. The number of aromatic nitrogens is 5. The predicted molar refractivity (Wildman–Crippen MR) is 105 cm³/mol. The molecule has 1 aliphatic rings. The Morgan fingerprint density at radius 1 is 1.10 bits per heavy atom. The number of ether oxygens (including phenoxy) is 2. The van der Waals surface area contributed by atoms with Crippen LogP contribution in [0.1, 0.15) is 23.3 Å². The Hall–Kier alpha value is -3.33. The van der Waals surface area contributed by atoms with Gasteiger partial charge in [-0.25, -0.2) is 4.68 Å². The fraction of sp³-hybridized carbons (Fsp3) is 0.350. The minimum Gasteiger partial charge on any atom is -0.480 e. The van der Waals surface area contributed by atoms with Gasteiger partial charge in [-0.1, -0.05) is 6.07 Å². The van der Waals surface area contributed by atoms with Crippen LogP contribution in [0.15, 0.2) is 42.6 Å². The summed E-state index contributed by atoms with van der Waals surface area (Å²) < 4.78 is 12.1. The zero-order valence-corrected chi connectivity index (χ0v) is 16.4. The number of carbonyl (C=O) groups is 1. The van der Waals surface area contributed by atoms with Gasteiger partial charge < -0.3 is 14.4 Å². The predicted octanol–water partition coefficient (Wildman–Crippen LogP) is 1.98. The second kappa shape index (κ2) is 8.36. The van der Waals surface area contributed by atoms with E-state index in [-0.39, 0.29) is 12.0 Å². The number of hydrogen-bond donors (Lipinski definition) is 0. The summed E-state index contributed by atoms with van der Waals surface area (Å²) >= 11 is 0. The molecule has 1 saturated heterocycles. The normalized spacial score (nSPS) is 14.8. The molecular weight excluding hydrogens is 372 g/mol. The van der Waals surface area contributed by atoms with Crippen molar-refractivity contribution in [3.8, 4) is 23.1 Å². The maximum atomic E-state index is 13.1. The van der Waals surface area contributed by atoms with Crippen LogP contribution in [0.5, 0.6) is 5.88 Å². The maximum absolute atomic E-state index is 13.1. The van der Waals surface area contributed by atoms with Crippen molar-refractivity contribution in [3.63, 3.8) is 0 Å². The van der Waals surface area contributed by atoms with E-state index in [4.69, 9.17) is 9.47 Å². The molecule has 1 amide bonds. The van der Waals surface area contributed by atoms with Gasteiger partial charge in [0.25, 0.3) is 5.91 Å². The van der Waals surface area contributed by atoms with Gasteiger partial charge in [0.2, 0.25) is 5.88 Å². The first kappa shape index (κ1) is 19.0. The van der Waals surface area contributed by atoms with E-state index in [1.165, 1.54) is 7.11 Å². The lowest BCUT2D eigenvalue weighted by atomic mass is 10.1. The third-order valence-electron chi connectivity index (χ3n) is 4.97. The van der Waals surface area contributed by atoms with Crippen LogP contribution < -0.4 is 4.74 Å². The quantitative estimate of drug-likeness (QED) is 0.653. The van der Waals surface area contributed by atoms with Crippen molar-refractivity contribution in [2.75, 3.05) is 27.3 Å². The minimum absolute atomic E-state index is 0.114. The third kappa shape index (κ3) is 3.95. The van der Waals surface area contributed by atoms with Gasteiger partial charge in [-0.05, 0) is 37.1 Å². The van der Waals surface area contributed by atoms with Crippen molar-refractivity contribution in [2.45, 2.75) is 18.9 Å². The molecule has 1 fully saturated rings. The highest BCUT2D eigenvalue weighted by Gasteiger charge is 2.26. The molecule has 4 rings (SSSR count). The van der Waals surface area contributed by atoms with Crippen molar-refractivity contribution in [1.29, 1.82) is 0 Å². The Morgan fingerprint density at radius 3 is 2.55 bits per heavy atom. The molecule has 3 aromatic rings. The molecule has 0 spiro atoms. The first-order valence-electron chi connectivity index (χ1n) is 9.41. The van der Waals surface area contributed by atoms with E-state index in [0.717, 1.165) is 12.8 Å². The van der Waals surface area contributed by atoms with Crippen LogP contribution in [0.2, 0.25) is 0 Å². The van der Waals surface area contributed by atoms with Crippen molar-refractivity contribution < 1.29 is 14.3 Å². The first-order chi connectivity index (χ1) is 14.2. The number of piperidine rings is 1. The van der Waals surface area contributed by atoms with Gasteiger partial charge in [0.05, 0.1) is 24.6 Å². The van der Waals surface area contributed by atoms with Gasteiger partial charge in [-0.3, -0.25) is 9.78 Å². The van der Waals surface area contributed by atoms with Crippen LogP contribution in [-0.4, -0.2) is 69.2 Å². The topological polar surface area (TPSA) is 95.3 Å². The van der Waals surface area contributed by atoms with Crippen LogP contribution >= 0.6 is 0 Å². The second-order valence-electron chi connectivity index (χ2n) is 6.70. The molecule has 4 heterocycles. The molecule has 0 aromatic carbocycles. The number of amides is 1. The van der Waals surface area contributed by atoms with Crippen LogP contribution in [0.4, 0.5) is 0 Å². The molecule has 29 heavy (non-hydrogen) atoms. The van der Waals surface area contributed by atoms with Crippen molar-refractivity contribution >= 4 is 5.91 Å². The monoisotopic (exact) mass is 394 g/mol. The lowest BCUT2D eigenvalue weighted by Gasteiger charge is -2.30. The van der Waals surface area contributed by atoms with E-state index in [9.17, 15) is 4.79 Å². The zero-order valence-electron chi connectivity index (χ0n) is 16.4. The molecule has 1 aliphatic heterocycles. The maximum Gasteiger partial charge on any atom is 0.274 e. The Labute approximate surface area is 168 Å². The van der Waals surface area contributed by atoms with Crippen LogP contribution in [0, 0.1) is 0 Å². The van der Waals surface area contributed by atoms with Crippen LogP contribution in [0.25, 0.3) is 17.2 Å². The molecule has 9 heteroatoms. The summed E-state index contributed by atoms with van der Waals surface area (Å²) in [5.41, 5.74) is 1.70. The van der Waals surface area contributed by atoms with E-state index in [2.05, 4.69) is 20.3 Å². The van der Waals surface area contributed by atoms with Gasteiger partial charge in [0.1, 0.15) is 0 Å². The summed E-state index contributed by atoms with van der Waals surface area (Å²) in [5.74, 6) is 0.762. The Kier molecular flexibility index (Phi) is 5.48. The van der Waals surface area contributed by atoms with E-state index < -0.39 is 0 Å². The number of hydrogen-bond acceptors (Lipinski definition) is 7. The molecule has 0 bridgehead atoms. The highest BCUT2D eigenvalue weighted by Crippen LogP contribution is 2.23. The van der Waals surface area contributed by atoms with Crippen LogP contribution in [0.3, 0.4) is 0 Å². The van der Waals surface area contributed by atoms with Crippen LogP contribution in [-0.2, 0) is 4.74 Å². The average Bonchev–Trinajstić information content (AvgIpc) is 3.25. The summed E-state index contributed by atoms with van der Waals surface area (Å²) in [6.07, 6.45) is 3.54. The Balaban J connectivity index is 1.68. The molecule has 0 radical (unpaired) electrons. The number of methoxy groups -OCH3 is 2. The summed E-state index contributed by atoms with van der Waals surface area (Å²) in [4.78, 5) is 19.3. The van der Waals surface area contributed by atoms with E-state index in [1.807, 2.05) is 23.1 Å². The fourth-order valence-electron chi connectivity index (χ4n) is 3.35. The molecule has 150 valence electrons. The van der Waals surface area contributed by atoms with Gasteiger partial charge in [0, 0.05) is 32.5 Å². The molecule has 0 aliphatic carbocycles. The minimum atomic E-state index is -0.114. The molecular formula is C20H22N6O3. The first-order valence-corrected chi connectivity index (χ1v) is 9.41. The van der Waals surface area contributed by atoms with Gasteiger partial charge >= 0.3 is 0 Å². The highest BCUT2D eigenvalue weighted by molar-refractivity contribution is 5.93. The highest BCUT2D eigenvalue weighted by atomic mass is 16.5. The largest absolute Gasteiger partial charge is 0.480 e. The molecule has 3 aromatic heterocycles. The summed E-state index contributed by atoms with van der Waals surface area (Å²) in [5, 5.41) is 12.7. The summed E-state index contributed by atoms with van der Waals surface area (Å²) in [6, 6.07) is 10.8. The number of carbonyl (C=O) groups excluding carboxylic acids is 1. The van der Waals surface area contributed by atoms with Gasteiger partial charge in [0.15, 0.2) is 11.5 Å². The number of rotatable bonds is 5. The van der Waals surface area contributed by atoms with E-state index in [0.29, 0.717) is 41.9 Å². The Morgan fingerprint density at radius 2 is 1.93 bits per heavy atom. The molecule has 9 nitrogen and oxygen atoms in total. The van der Waals surface area contributed by atoms with Gasteiger partial charge in [-0.2, -0.15) is 5.10 Å². The van der Waals surface area contributed by atoms with E-state index >= 15 is 0 Å². The summed E-state index contributed by atoms with van der Waals surface area (Å²) in [6.45, 7) is 1.29. The van der Waals surface area contributed by atoms with E-state index in [1.54, 1.807) is 36.2 Å². The fourth-order valence-corrected chi connectivity index (χ4v) is 3.35. The zero-order chi connectivity index (χ0) is 20.2. The Bertz CT molecular complexity index is 966. The lowest BCUT2D eigenvalue weighted by Crippen LogP contribution is -2.40. The average molecular weight is 394 g/mol. The number of nitrogens with zero attached hydrogens (tertiary/aromatic N) is 6. The molecule has 0 atom stereocenters. The van der Waals surface area contributed by atoms with Crippen molar-refractivity contribution in [1.82, 2.24) is 29.9 Å². The standard InChI is InChI=1S/C20H22N6O3/c1-28-14-8-11-25(12-9-14)20(27)16-13-17(15-5-3-4-10-21-15)26(24-16)18-6-7-19(29-2)23-22-18/h3-7,10,13-14H,8-9,11-12H2,1-2H3. The molecule has 0 unspecified atom stereocenters.